The second-order valence-corrected chi connectivity index (χ2v) is 4.48. The predicted molar refractivity (Wildman–Crippen MR) is 70.9 cm³/mol. The molecule has 1 atom stereocenters. The molecule has 1 unspecified atom stereocenters. The molecule has 3 heteroatoms. The maximum absolute atomic E-state index is 4.16. The van der Waals surface area contributed by atoms with Crippen molar-refractivity contribution in [3.05, 3.63) is 42.4 Å². The van der Waals surface area contributed by atoms with Crippen LogP contribution in [0.2, 0.25) is 0 Å². The van der Waals surface area contributed by atoms with E-state index in [1.807, 2.05) is 31.2 Å². The van der Waals surface area contributed by atoms with Gasteiger partial charge in [-0.15, -0.1) is 0 Å². The van der Waals surface area contributed by atoms with Crippen LogP contribution in [-0.2, 0) is 13.5 Å². The van der Waals surface area contributed by atoms with E-state index in [4.69, 9.17) is 0 Å². The molecule has 0 fully saturated rings. The molecular weight excluding hydrogens is 210 g/mol. The number of likely N-dealkylation sites (N-methyl/N-ethyl adjacent to an activating group) is 1. The van der Waals surface area contributed by atoms with Crippen LogP contribution in [0, 0.1) is 0 Å². The highest BCUT2D eigenvalue weighted by molar-refractivity contribution is 5.59. The predicted octanol–water partition coefficient (Wildman–Crippen LogP) is 2.24. The molecule has 0 spiro atoms. The first kappa shape index (κ1) is 11.9. The first-order valence-corrected chi connectivity index (χ1v) is 5.93. The van der Waals surface area contributed by atoms with E-state index in [2.05, 4.69) is 41.5 Å². The molecule has 0 aliphatic carbocycles. The van der Waals surface area contributed by atoms with Gasteiger partial charge in [-0.3, -0.25) is 0 Å². The van der Waals surface area contributed by atoms with Gasteiger partial charge in [0.05, 0.1) is 18.2 Å². The lowest BCUT2D eigenvalue weighted by molar-refractivity contribution is 0.608. The van der Waals surface area contributed by atoms with Gasteiger partial charge in [0.15, 0.2) is 0 Å². The first-order chi connectivity index (χ1) is 8.20. The van der Waals surface area contributed by atoms with Crippen LogP contribution < -0.4 is 5.32 Å². The number of nitrogens with zero attached hydrogens (tertiary/aromatic N) is 2. The molecule has 0 aliphatic heterocycles. The SMILES string of the molecule is CNC(C)Cc1cccc(-c2cncn2C)c1. The topological polar surface area (TPSA) is 29.9 Å². The molecule has 2 rings (SSSR count). The van der Waals surface area contributed by atoms with E-state index in [9.17, 15) is 0 Å². The Morgan fingerprint density at radius 1 is 1.41 bits per heavy atom. The molecule has 1 aromatic heterocycles. The summed E-state index contributed by atoms with van der Waals surface area (Å²) in [5, 5.41) is 3.26. The highest BCUT2D eigenvalue weighted by atomic mass is 15.0. The van der Waals surface area contributed by atoms with Crippen LogP contribution in [0.1, 0.15) is 12.5 Å². The lowest BCUT2D eigenvalue weighted by atomic mass is 10.0. The molecule has 0 radical (unpaired) electrons. The van der Waals surface area contributed by atoms with Crippen LogP contribution in [0.15, 0.2) is 36.8 Å². The third-order valence-corrected chi connectivity index (χ3v) is 3.07. The van der Waals surface area contributed by atoms with Gasteiger partial charge in [0.25, 0.3) is 0 Å². The molecule has 17 heavy (non-hydrogen) atoms. The highest BCUT2D eigenvalue weighted by Crippen LogP contribution is 2.19. The molecule has 1 N–H and O–H groups in total. The van der Waals surface area contributed by atoms with Gasteiger partial charge >= 0.3 is 0 Å². The summed E-state index contributed by atoms with van der Waals surface area (Å²) >= 11 is 0. The van der Waals surface area contributed by atoms with Crippen molar-refractivity contribution in [1.29, 1.82) is 0 Å². The molecule has 0 aliphatic rings. The minimum atomic E-state index is 0.497. The van der Waals surface area contributed by atoms with Crippen molar-refractivity contribution in [2.75, 3.05) is 7.05 Å². The Bertz CT molecular complexity index is 488. The zero-order valence-electron chi connectivity index (χ0n) is 10.6. The van der Waals surface area contributed by atoms with Crippen molar-refractivity contribution in [3.8, 4) is 11.3 Å². The summed E-state index contributed by atoms with van der Waals surface area (Å²) in [5.41, 5.74) is 3.74. The fourth-order valence-corrected chi connectivity index (χ4v) is 1.95. The Morgan fingerprint density at radius 3 is 2.88 bits per heavy atom. The number of imidazole rings is 1. The maximum atomic E-state index is 4.16. The minimum absolute atomic E-state index is 0.497. The van der Waals surface area contributed by atoms with Crippen molar-refractivity contribution in [3.63, 3.8) is 0 Å². The van der Waals surface area contributed by atoms with Crippen LogP contribution in [0.25, 0.3) is 11.3 Å². The van der Waals surface area contributed by atoms with E-state index in [0.29, 0.717) is 6.04 Å². The molecule has 0 amide bonds. The Labute approximate surface area is 103 Å². The molecule has 2 aromatic rings. The summed E-state index contributed by atoms with van der Waals surface area (Å²) in [6.45, 7) is 2.19. The van der Waals surface area contributed by atoms with Gasteiger partial charge in [-0.2, -0.15) is 0 Å². The fourth-order valence-electron chi connectivity index (χ4n) is 1.95. The zero-order chi connectivity index (χ0) is 12.3. The third kappa shape index (κ3) is 2.74. The van der Waals surface area contributed by atoms with E-state index in [-0.39, 0.29) is 0 Å². The summed E-state index contributed by atoms with van der Waals surface area (Å²) in [5.74, 6) is 0. The van der Waals surface area contributed by atoms with Gasteiger partial charge < -0.3 is 9.88 Å². The number of nitrogens with one attached hydrogen (secondary N) is 1. The summed E-state index contributed by atoms with van der Waals surface area (Å²) < 4.78 is 2.04. The van der Waals surface area contributed by atoms with Crippen molar-refractivity contribution >= 4 is 0 Å². The molecule has 0 bridgehead atoms. The van der Waals surface area contributed by atoms with Gasteiger partial charge in [0, 0.05) is 18.7 Å². The van der Waals surface area contributed by atoms with Crippen LogP contribution in [-0.4, -0.2) is 22.6 Å². The number of aryl methyl sites for hydroxylation is 1. The number of benzene rings is 1. The van der Waals surface area contributed by atoms with Crippen molar-refractivity contribution in [1.82, 2.24) is 14.9 Å². The summed E-state index contributed by atoms with van der Waals surface area (Å²) in [4.78, 5) is 4.16. The Kier molecular flexibility index (Phi) is 3.59. The largest absolute Gasteiger partial charge is 0.334 e. The van der Waals surface area contributed by atoms with Crippen LogP contribution in [0.4, 0.5) is 0 Å². The Hall–Kier alpha value is -1.61. The van der Waals surface area contributed by atoms with E-state index in [1.54, 1.807) is 0 Å². The van der Waals surface area contributed by atoms with Crippen molar-refractivity contribution in [2.24, 2.45) is 7.05 Å². The van der Waals surface area contributed by atoms with Crippen molar-refractivity contribution < 1.29 is 0 Å². The molecule has 1 heterocycles. The summed E-state index contributed by atoms with van der Waals surface area (Å²) in [7, 11) is 4.01. The Morgan fingerprint density at radius 2 is 2.24 bits per heavy atom. The number of hydrogen-bond acceptors (Lipinski definition) is 2. The lowest BCUT2D eigenvalue weighted by Gasteiger charge is -2.11. The molecule has 0 saturated carbocycles. The average molecular weight is 229 g/mol. The number of hydrogen-bond donors (Lipinski definition) is 1. The third-order valence-electron chi connectivity index (χ3n) is 3.07. The van der Waals surface area contributed by atoms with E-state index in [0.717, 1.165) is 12.1 Å². The van der Waals surface area contributed by atoms with Crippen molar-refractivity contribution in [2.45, 2.75) is 19.4 Å². The first-order valence-electron chi connectivity index (χ1n) is 5.93. The molecule has 1 aromatic carbocycles. The van der Waals surface area contributed by atoms with Gasteiger partial charge in [0.2, 0.25) is 0 Å². The summed E-state index contributed by atoms with van der Waals surface area (Å²) in [6.07, 6.45) is 4.78. The smallest absolute Gasteiger partial charge is 0.0948 e. The minimum Gasteiger partial charge on any atom is -0.334 e. The average Bonchev–Trinajstić information content (AvgIpc) is 2.75. The standard InChI is InChI=1S/C14H19N3/c1-11(15-2)7-12-5-4-6-13(8-12)14-9-16-10-17(14)3/h4-6,8-11,15H,7H2,1-3H3. The highest BCUT2D eigenvalue weighted by Gasteiger charge is 2.05. The second-order valence-electron chi connectivity index (χ2n) is 4.48. The second kappa shape index (κ2) is 5.15. The molecule has 0 saturated heterocycles. The molecule has 90 valence electrons. The fraction of sp³-hybridized carbons (Fsp3) is 0.357. The van der Waals surface area contributed by atoms with Gasteiger partial charge in [-0.25, -0.2) is 4.98 Å². The Balaban J connectivity index is 2.26. The van der Waals surface area contributed by atoms with Crippen LogP contribution in [0.5, 0.6) is 0 Å². The quantitative estimate of drug-likeness (QED) is 0.871. The molecular formula is C14H19N3. The monoisotopic (exact) mass is 229 g/mol. The maximum Gasteiger partial charge on any atom is 0.0948 e. The van der Waals surface area contributed by atoms with E-state index >= 15 is 0 Å². The van der Waals surface area contributed by atoms with E-state index < -0.39 is 0 Å². The van der Waals surface area contributed by atoms with E-state index in [1.165, 1.54) is 11.1 Å². The van der Waals surface area contributed by atoms with Crippen LogP contribution >= 0.6 is 0 Å². The zero-order valence-corrected chi connectivity index (χ0v) is 10.6. The number of rotatable bonds is 4. The van der Waals surface area contributed by atoms with Gasteiger partial charge in [-0.1, -0.05) is 18.2 Å². The van der Waals surface area contributed by atoms with Crippen LogP contribution in [0.3, 0.4) is 0 Å². The summed E-state index contributed by atoms with van der Waals surface area (Å²) in [6, 6.07) is 9.15. The lowest BCUT2D eigenvalue weighted by Crippen LogP contribution is -2.23. The van der Waals surface area contributed by atoms with Gasteiger partial charge in [-0.05, 0) is 32.0 Å². The van der Waals surface area contributed by atoms with Gasteiger partial charge in [0.1, 0.15) is 0 Å². The molecule has 3 nitrogen and oxygen atoms in total. The normalized spacial score (nSPS) is 12.6. The number of aromatic nitrogens is 2.